The van der Waals surface area contributed by atoms with E-state index in [-0.39, 0.29) is 6.04 Å². The average molecular weight is 211 g/mol. The summed E-state index contributed by atoms with van der Waals surface area (Å²) in [5.74, 6) is 0.583. The van der Waals surface area contributed by atoms with Crippen molar-refractivity contribution in [2.45, 2.75) is 26.3 Å². The number of aromatic nitrogens is 4. The van der Waals surface area contributed by atoms with Crippen LogP contribution in [-0.4, -0.2) is 19.8 Å². The van der Waals surface area contributed by atoms with Gasteiger partial charge in [-0.15, -0.1) is 10.2 Å². The molecule has 0 aliphatic heterocycles. The molecule has 0 spiro atoms. The van der Waals surface area contributed by atoms with Crippen LogP contribution >= 0.6 is 11.3 Å². The molecule has 0 amide bonds. The van der Waals surface area contributed by atoms with E-state index in [0.717, 1.165) is 16.4 Å². The summed E-state index contributed by atoms with van der Waals surface area (Å²) < 4.78 is 1.67. The minimum atomic E-state index is 0.0155. The Morgan fingerprint density at radius 2 is 2.36 bits per heavy atom. The number of nitrogens with zero attached hydrogens (tertiary/aromatic N) is 4. The molecular weight excluding hydrogens is 198 g/mol. The molecule has 2 N–H and O–H groups in total. The van der Waals surface area contributed by atoms with Crippen molar-refractivity contribution in [1.82, 2.24) is 19.8 Å². The average Bonchev–Trinajstić information content (AvgIpc) is 2.58. The van der Waals surface area contributed by atoms with Crippen molar-refractivity contribution in [1.29, 1.82) is 0 Å². The summed E-state index contributed by atoms with van der Waals surface area (Å²) >= 11 is 1.51. The molecule has 0 fully saturated rings. The maximum atomic E-state index is 6.01. The molecule has 1 atom stereocenters. The predicted octanol–water partition coefficient (Wildman–Crippen LogP) is 1.23. The number of hydrogen-bond donors (Lipinski definition) is 1. The molecule has 14 heavy (non-hydrogen) atoms. The van der Waals surface area contributed by atoms with Gasteiger partial charge in [0.1, 0.15) is 11.3 Å². The highest BCUT2D eigenvalue weighted by Gasteiger charge is 2.14. The molecule has 0 aliphatic rings. The van der Waals surface area contributed by atoms with Gasteiger partial charge in [-0.2, -0.15) is 9.61 Å². The van der Waals surface area contributed by atoms with Crippen molar-refractivity contribution < 1.29 is 0 Å². The third kappa shape index (κ3) is 1.76. The van der Waals surface area contributed by atoms with Crippen LogP contribution in [0.25, 0.3) is 4.96 Å². The largest absolute Gasteiger partial charge is 0.322 e. The van der Waals surface area contributed by atoms with E-state index in [4.69, 9.17) is 5.73 Å². The zero-order chi connectivity index (χ0) is 10.1. The number of hydrogen-bond acceptors (Lipinski definition) is 5. The van der Waals surface area contributed by atoms with Gasteiger partial charge in [0, 0.05) is 0 Å². The molecule has 6 heteroatoms. The standard InChI is InChI=1S/C8H13N5S/c1-5(2)3-6(9)7-12-13-4-10-11-8(13)14-7/h4-6H,3,9H2,1-2H3. The fourth-order valence-corrected chi connectivity index (χ4v) is 2.17. The lowest BCUT2D eigenvalue weighted by atomic mass is 10.1. The Bertz CT molecular complexity index is 389. The van der Waals surface area contributed by atoms with Gasteiger partial charge in [-0.3, -0.25) is 0 Å². The lowest BCUT2D eigenvalue weighted by Crippen LogP contribution is -2.12. The Morgan fingerprint density at radius 3 is 3.00 bits per heavy atom. The van der Waals surface area contributed by atoms with Gasteiger partial charge in [-0.05, 0) is 12.3 Å². The number of fused-ring (bicyclic) bond motifs is 1. The molecule has 76 valence electrons. The molecule has 2 heterocycles. The first-order valence-corrected chi connectivity index (χ1v) is 5.41. The molecular formula is C8H13N5S. The molecule has 0 bridgehead atoms. The van der Waals surface area contributed by atoms with Crippen molar-refractivity contribution >= 4 is 16.3 Å². The molecule has 1 unspecified atom stereocenters. The van der Waals surface area contributed by atoms with E-state index in [9.17, 15) is 0 Å². The Balaban J connectivity index is 2.21. The first-order valence-electron chi connectivity index (χ1n) is 4.59. The van der Waals surface area contributed by atoms with Gasteiger partial charge < -0.3 is 5.73 Å². The van der Waals surface area contributed by atoms with Crippen LogP contribution < -0.4 is 5.73 Å². The first-order chi connectivity index (χ1) is 6.66. The van der Waals surface area contributed by atoms with Crippen LogP contribution in [0.3, 0.4) is 0 Å². The van der Waals surface area contributed by atoms with E-state index >= 15 is 0 Å². The van der Waals surface area contributed by atoms with E-state index in [1.54, 1.807) is 10.8 Å². The molecule has 2 aromatic rings. The summed E-state index contributed by atoms with van der Waals surface area (Å²) in [6.07, 6.45) is 2.54. The van der Waals surface area contributed by atoms with E-state index < -0.39 is 0 Å². The van der Waals surface area contributed by atoms with Crippen LogP contribution in [0.15, 0.2) is 6.33 Å². The minimum Gasteiger partial charge on any atom is -0.322 e. The van der Waals surface area contributed by atoms with Crippen molar-refractivity contribution in [2.75, 3.05) is 0 Å². The minimum absolute atomic E-state index is 0.0155. The SMILES string of the molecule is CC(C)CC(N)c1nn2cnnc2s1. The topological polar surface area (TPSA) is 69.1 Å². The van der Waals surface area contributed by atoms with E-state index in [1.807, 2.05) is 0 Å². The zero-order valence-corrected chi connectivity index (χ0v) is 9.03. The second-order valence-corrected chi connectivity index (χ2v) is 4.72. The number of nitrogens with two attached hydrogens (primary N) is 1. The fourth-order valence-electron chi connectivity index (χ4n) is 1.33. The van der Waals surface area contributed by atoms with Crippen molar-refractivity contribution in [3.05, 3.63) is 11.3 Å². The smallest absolute Gasteiger partial charge is 0.234 e. The van der Waals surface area contributed by atoms with Crippen molar-refractivity contribution in [2.24, 2.45) is 11.7 Å². The lowest BCUT2D eigenvalue weighted by Gasteiger charge is -2.09. The van der Waals surface area contributed by atoms with Crippen LogP contribution in [0, 0.1) is 5.92 Å². The van der Waals surface area contributed by atoms with Gasteiger partial charge in [0.2, 0.25) is 4.96 Å². The van der Waals surface area contributed by atoms with Gasteiger partial charge in [-0.25, -0.2) is 0 Å². The van der Waals surface area contributed by atoms with Crippen LogP contribution in [0.2, 0.25) is 0 Å². The zero-order valence-electron chi connectivity index (χ0n) is 8.21. The van der Waals surface area contributed by atoms with E-state index in [1.165, 1.54) is 11.3 Å². The van der Waals surface area contributed by atoms with Crippen LogP contribution in [0.5, 0.6) is 0 Å². The molecule has 5 nitrogen and oxygen atoms in total. The second-order valence-electron chi connectivity index (χ2n) is 3.73. The molecule has 2 aromatic heterocycles. The Hall–Kier alpha value is -1.01. The summed E-state index contributed by atoms with van der Waals surface area (Å²) in [6, 6.07) is 0.0155. The molecule has 0 saturated carbocycles. The van der Waals surface area contributed by atoms with E-state index in [2.05, 4.69) is 29.1 Å². The molecule has 0 radical (unpaired) electrons. The molecule has 0 saturated heterocycles. The lowest BCUT2D eigenvalue weighted by molar-refractivity contribution is 0.505. The summed E-state index contributed by atoms with van der Waals surface area (Å²) in [5, 5.41) is 12.9. The fraction of sp³-hybridized carbons (Fsp3) is 0.625. The Labute approximate surface area is 86.0 Å². The van der Waals surface area contributed by atoms with Gasteiger partial charge >= 0.3 is 0 Å². The Kier molecular flexibility index (Phi) is 2.47. The van der Waals surface area contributed by atoms with Gasteiger partial charge in [0.05, 0.1) is 6.04 Å². The van der Waals surface area contributed by atoms with Gasteiger partial charge in [-0.1, -0.05) is 25.2 Å². The summed E-state index contributed by atoms with van der Waals surface area (Å²) in [7, 11) is 0. The highest BCUT2D eigenvalue weighted by molar-refractivity contribution is 7.16. The van der Waals surface area contributed by atoms with Crippen molar-refractivity contribution in [3.63, 3.8) is 0 Å². The van der Waals surface area contributed by atoms with Crippen LogP contribution in [0.4, 0.5) is 0 Å². The van der Waals surface area contributed by atoms with Gasteiger partial charge in [0.25, 0.3) is 0 Å². The van der Waals surface area contributed by atoms with Crippen LogP contribution in [-0.2, 0) is 0 Å². The van der Waals surface area contributed by atoms with E-state index in [0.29, 0.717) is 5.92 Å². The highest BCUT2D eigenvalue weighted by Crippen LogP contribution is 2.22. The normalized spacial score (nSPS) is 14.0. The van der Waals surface area contributed by atoms with Gasteiger partial charge in [0.15, 0.2) is 0 Å². The summed E-state index contributed by atoms with van der Waals surface area (Å²) in [5.41, 5.74) is 6.01. The van der Waals surface area contributed by atoms with Crippen molar-refractivity contribution in [3.8, 4) is 0 Å². The third-order valence-corrected chi connectivity index (χ3v) is 2.99. The molecule has 0 aromatic carbocycles. The Morgan fingerprint density at radius 1 is 1.57 bits per heavy atom. The summed E-state index contributed by atoms with van der Waals surface area (Å²) in [4.78, 5) is 0.805. The quantitative estimate of drug-likeness (QED) is 0.829. The third-order valence-electron chi connectivity index (χ3n) is 1.94. The molecule has 2 rings (SSSR count). The van der Waals surface area contributed by atoms with Crippen LogP contribution in [0.1, 0.15) is 31.3 Å². The maximum Gasteiger partial charge on any atom is 0.234 e. The maximum absolute atomic E-state index is 6.01. The number of rotatable bonds is 3. The summed E-state index contributed by atoms with van der Waals surface area (Å²) in [6.45, 7) is 4.31. The predicted molar refractivity (Wildman–Crippen MR) is 55.0 cm³/mol. The highest BCUT2D eigenvalue weighted by atomic mass is 32.1. The monoisotopic (exact) mass is 211 g/mol. The first kappa shape index (κ1) is 9.54. The second kappa shape index (κ2) is 3.62. The molecule has 0 aliphatic carbocycles.